The summed E-state index contributed by atoms with van der Waals surface area (Å²) in [4.78, 5) is 25.2. The van der Waals surface area contributed by atoms with Crippen molar-refractivity contribution in [3.8, 4) is 0 Å². The predicted molar refractivity (Wildman–Crippen MR) is 106 cm³/mol. The number of carbonyl (C=O) groups excluding carboxylic acids is 2. The topological polar surface area (TPSA) is 85.4 Å². The third-order valence-corrected chi connectivity index (χ3v) is 9.48. The maximum Gasteiger partial charge on any atom is 0.193 e. The Kier molecular flexibility index (Phi) is 3.45. The standard InChI is InChI=1S/C24H30O6/c1-20(2)28-18-10-16-15-6-5-13-9-14(26)7-8-21(13,3)23(15)19(29-23)11-22(16,4)24(18,30-20)17(27)12-25/h7-9,15-16,18-19,25H,5-6,10-12H2,1-4H3/t15?,16?,18-,19+,21+,22+,23-,24-/m1/s1. The zero-order valence-corrected chi connectivity index (χ0v) is 18.1. The fraction of sp³-hybridized carbons (Fsp3) is 0.750. The molecule has 2 saturated heterocycles. The van der Waals surface area contributed by atoms with Crippen LogP contribution in [0.25, 0.3) is 0 Å². The average Bonchev–Trinajstić information content (AvgIpc) is 3.25. The molecular formula is C24H30O6. The van der Waals surface area contributed by atoms with Crippen molar-refractivity contribution in [2.45, 2.75) is 82.6 Å². The fourth-order valence-electron chi connectivity index (χ4n) is 8.36. The van der Waals surface area contributed by atoms with Gasteiger partial charge in [-0.25, -0.2) is 0 Å². The van der Waals surface area contributed by atoms with Crippen molar-refractivity contribution >= 4 is 11.6 Å². The second-order valence-corrected chi connectivity index (χ2v) is 11.0. The van der Waals surface area contributed by atoms with Crippen molar-refractivity contribution in [3.63, 3.8) is 0 Å². The largest absolute Gasteiger partial charge is 0.388 e. The summed E-state index contributed by atoms with van der Waals surface area (Å²) in [6.07, 6.45) is 8.40. The summed E-state index contributed by atoms with van der Waals surface area (Å²) in [5, 5.41) is 9.87. The first-order valence-electron chi connectivity index (χ1n) is 11.2. The first-order valence-corrected chi connectivity index (χ1v) is 11.2. The monoisotopic (exact) mass is 414 g/mol. The molecule has 0 aromatic rings. The van der Waals surface area contributed by atoms with E-state index in [1.54, 1.807) is 12.2 Å². The van der Waals surface area contributed by atoms with E-state index in [2.05, 4.69) is 19.9 Å². The van der Waals surface area contributed by atoms with E-state index in [0.29, 0.717) is 6.42 Å². The van der Waals surface area contributed by atoms with Gasteiger partial charge in [-0.15, -0.1) is 0 Å². The maximum absolute atomic E-state index is 13.2. The highest BCUT2D eigenvalue weighted by Gasteiger charge is 2.84. The van der Waals surface area contributed by atoms with E-state index in [-0.39, 0.29) is 46.6 Å². The average molecular weight is 414 g/mol. The molecule has 162 valence electrons. The van der Waals surface area contributed by atoms with Crippen LogP contribution < -0.4 is 0 Å². The number of carbonyl (C=O) groups is 2. The number of allylic oxidation sites excluding steroid dienone is 2. The minimum Gasteiger partial charge on any atom is -0.388 e. The Labute approximate surface area is 176 Å². The van der Waals surface area contributed by atoms with Crippen molar-refractivity contribution in [2.24, 2.45) is 22.7 Å². The highest BCUT2D eigenvalue weighted by Crippen LogP contribution is 2.77. The zero-order chi connectivity index (χ0) is 21.3. The van der Waals surface area contributed by atoms with Gasteiger partial charge in [0.05, 0.1) is 12.2 Å². The summed E-state index contributed by atoms with van der Waals surface area (Å²) in [5.74, 6) is -0.629. The molecule has 0 amide bonds. The number of ketones is 2. The molecule has 2 heterocycles. The lowest BCUT2D eigenvalue weighted by Gasteiger charge is -2.56. The van der Waals surface area contributed by atoms with E-state index in [9.17, 15) is 14.7 Å². The number of epoxide rings is 1. The number of ether oxygens (including phenoxy) is 3. The molecule has 0 aromatic heterocycles. The Balaban J connectivity index is 1.46. The SMILES string of the molecule is CC1(C)O[C@@H]2CC3C4CCC5=CC(=O)C=C[C@]5(C)[C@@]45O[C@H]5C[C@]3(C)[C@]2(C(=O)CO)O1. The lowest BCUT2D eigenvalue weighted by Crippen LogP contribution is -2.63. The summed E-state index contributed by atoms with van der Waals surface area (Å²) < 4.78 is 19.2. The Morgan fingerprint density at radius 1 is 1.17 bits per heavy atom. The molecule has 6 rings (SSSR count). The van der Waals surface area contributed by atoms with Crippen molar-refractivity contribution < 1.29 is 28.9 Å². The van der Waals surface area contributed by atoms with Crippen molar-refractivity contribution in [1.82, 2.24) is 0 Å². The van der Waals surface area contributed by atoms with Crippen LogP contribution in [0.2, 0.25) is 0 Å². The van der Waals surface area contributed by atoms with Crippen LogP contribution in [-0.4, -0.2) is 52.5 Å². The molecule has 2 unspecified atom stereocenters. The van der Waals surface area contributed by atoms with Crippen LogP contribution in [0.15, 0.2) is 23.8 Å². The summed E-state index contributed by atoms with van der Waals surface area (Å²) in [6.45, 7) is 7.50. The van der Waals surface area contributed by atoms with Crippen LogP contribution >= 0.6 is 0 Å². The quantitative estimate of drug-likeness (QED) is 0.699. The number of rotatable bonds is 2. The molecule has 2 aliphatic heterocycles. The maximum atomic E-state index is 13.2. The van der Waals surface area contributed by atoms with E-state index in [0.717, 1.165) is 19.3 Å². The molecule has 5 fully saturated rings. The van der Waals surface area contributed by atoms with Crippen LogP contribution in [0.5, 0.6) is 0 Å². The second-order valence-electron chi connectivity index (χ2n) is 11.0. The van der Waals surface area contributed by atoms with Gasteiger partial charge in [0.2, 0.25) is 0 Å². The predicted octanol–water partition coefficient (Wildman–Crippen LogP) is 2.49. The molecule has 30 heavy (non-hydrogen) atoms. The number of hydrogen-bond donors (Lipinski definition) is 1. The Morgan fingerprint density at radius 3 is 2.67 bits per heavy atom. The van der Waals surface area contributed by atoms with Gasteiger partial charge in [0.25, 0.3) is 0 Å². The van der Waals surface area contributed by atoms with E-state index in [4.69, 9.17) is 14.2 Å². The highest BCUT2D eigenvalue weighted by molar-refractivity contribution is 6.01. The molecule has 0 aromatic carbocycles. The van der Waals surface area contributed by atoms with E-state index < -0.39 is 23.4 Å². The minimum absolute atomic E-state index is 0.00438. The summed E-state index contributed by atoms with van der Waals surface area (Å²) in [5.41, 5.74) is -1.04. The Bertz CT molecular complexity index is 934. The molecule has 6 heteroatoms. The first kappa shape index (κ1) is 19.4. The minimum atomic E-state index is -1.14. The Morgan fingerprint density at radius 2 is 1.93 bits per heavy atom. The van der Waals surface area contributed by atoms with Gasteiger partial charge in [0.15, 0.2) is 23.0 Å². The van der Waals surface area contributed by atoms with Gasteiger partial charge >= 0.3 is 0 Å². The first-order chi connectivity index (χ1) is 14.0. The molecule has 6 aliphatic rings. The molecule has 3 saturated carbocycles. The zero-order valence-electron chi connectivity index (χ0n) is 18.1. The molecule has 8 atom stereocenters. The van der Waals surface area contributed by atoms with Crippen molar-refractivity contribution in [3.05, 3.63) is 23.8 Å². The van der Waals surface area contributed by atoms with E-state index >= 15 is 0 Å². The molecule has 6 nitrogen and oxygen atoms in total. The van der Waals surface area contributed by atoms with Crippen molar-refractivity contribution in [2.75, 3.05) is 6.61 Å². The third-order valence-electron chi connectivity index (χ3n) is 9.48. The van der Waals surface area contributed by atoms with Gasteiger partial charge in [-0.05, 0) is 70.4 Å². The molecule has 0 radical (unpaired) electrons. The summed E-state index contributed by atoms with van der Waals surface area (Å²) in [7, 11) is 0. The molecule has 0 bridgehead atoms. The third kappa shape index (κ3) is 1.88. The molecular weight excluding hydrogens is 384 g/mol. The number of aliphatic hydroxyl groups excluding tert-OH is 1. The summed E-state index contributed by atoms with van der Waals surface area (Å²) in [6, 6.07) is 0. The normalized spacial score (nSPS) is 54.4. The lowest BCUT2D eigenvalue weighted by molar-refractivity contribution is -0.211. The van der Waals surface area contributed by atoms with Gasteiger partial charge in [-0.3, -0.25) is 9.59 Å². The lowest BCUT2D eigenvalue weighted by atomic mass is 9.46. The van der Waals surface area contributed by atoms with Crippen LogP contribution in [0.4, 0.5) is 0 Å². The van der Waals surface area contributed by atoms with Gasteiger partial charge in [0, 0.05) is 10.8 Å². The van der Waals surface area contributed by atoms with Gasteiger partial charge < -0.3 is 19.3 Å². The van der Waals surface area contributed by atoms with Crippen LogP contribution in [0.1, 0.15) is 53.4 Å². The van der Waals surface area contributed by atoms with Gasteiger partial charge in [-0.2, -0.15) is 0 Å². The van der Waals surface area contributed by atoms with Crippen LogP contribution in [0.3, 0.4) is 0 Å². The number of hydrogen-bond acceptors (Lipinski definition) is 6. The van der Waals surface area contributed by atoms with Crippen LogP contribution in [-0.2, 0) is 23.8 Å². The highest BCUT2D eigenvalue weighted by atomic mass is 16.8. The van der Waals surface area contributed by atoms with Gasteiger partial charge in [0.1, 0.15) is 12.2 Å². The number of aliphatic hydroxyl groups is 1. The van der Waals surface area contributed by atoms with E-state index in [1.165, 1.54) is 5.57 Å². The molecule has 4 aliphatic carbocycles. The van der Waals surface area contributed by atoms with E-state index in [1.807, 2.05) is 13.8 Å². The molecule has 1 N–H and O–H groups in total. The fourth-order valence-corrected chi connectivity index (χ4v) is 8.36. The van der Waals surface area contributed by atoms with Crippen LogP contribution in [0, 0.1) is 22.7 Å². The second kappa shape index (κ2) is 5.34. The Hall–Kier alpha value is -1.34. The smallest absolute Gasteiger partial charge is 0.193 e. The number of Topliss-reactive ketones (excluding diaryl/α,β-unsaturated/α-hetero) is 1. The molecule has 1 spiro atoms. The number of fused-ring (bicyclic) bond motifs is 5. The summed E-state index contributed by atoms with van der Waals surface area (Å²) >= 11 is 0. The van der Waals surface area contributed by atoms with Gasteiger partial charge in [-0.1, -0.05) is 18.6 Å². The van der Waals surface area contributed by atoms with Crippen molar-refractivity contribution in [1.29, 1.82) is 0 Å².